The summed E-state index contributed by atoms with van der Waals surface area (Å²) in [6.07, 6.45) is -0.201. The fourth-order valence-corrected chi connectivity index (χ4v) is 3.77. The lowest BCUT2D eigenvalue weighted by Gasteiger charge is -2.15. The third-order valence-electron chi connectivity index (χ3n) is 5.22. The molecule has 172 valence electrons. The van der Waals surface area contributed by atoms with Gasteiger partial charge in [-0.2, -0.15) is 13.2 Å². The molecule has 0 radical (unpaired) electrons. The Balaban J connectivity index is 2.16. The van der Waals surface area contributed by atoms with Crippen LogP contribution >= 0.6 is 0 Å². The lowest BCUT2D eigenvalue weighted by molar-refractivity contribution is -0.154. The summed E-state index contributed by atoms with van der Waals surface area (Å²) < 4.78 is 57.3. The maximum absolute atomic E-state index is 13.8. The van der Waals surface area contributed by atoms with Crippen molar-refractivity contribution in [1.82, 2.24) is 0 Å². The molecule has 0 spiro atoms. The van der Waals surface area contributed by atoms with Crippen molar-refractivity contribution < 1.29 is 27.1 Å². The second-order valence-electron chi connectivity index (χ2n) is 7.98. The Bertz CT molecular complexity index is 1140. The van der Waals surface area contributed by atoms with E-state index < -0.39 is 23.1 Å². The van der Waals surface area contributed by atoms with Gasteiger partial charge in [-0.3, -0.25) is 4.79 Å². The summed E-state index contributed by atoms with van der Waals surface area (Å²) in [7, 11) is 1.44. The third-order valence-corrected chi connectivity index (χ3v) is 5.22. The molecule has 32 heavy (non-hydrogen) atoms. The second-order valence-corrected chi connectivity index (χ2v) is 7.98. The number of alkyl halides is 3. The van der Waals surface area contributed by atoms with Crippen molar-refractivity contribution in [2.24, 2.45) is 0 Å². The molecule has 0 atom stereocenters. The first kappa shape index (κ1) is 23.7. The van der Waals surface area contributed by atoms with E-state index in [2.05, 4.69) is 6.92 Å². The summed E-state index contributed by atoms with van der Waals surface area (Å²) in [5.41, 5.74) is 1.30. The molecular weight excluding hydrogens is 421 g/mol. The van der Waals surface area contributed by atoms with Crippen LogP contribution in [0.5, 0.6) is 17.2 Å². The third kappa shape index (κ3) is 5.26. The van der Waals surface area contributed by atoms with Crippen molar-refractivity contribution in [3.63, 3.8) is 0 Å². The number of hydrogen-bond acceptors (Lipinski definition) is 4. The molecule has 3 aromatic rings. The van der Waals surface area contributed by atoms with Gasteiger partial charge in [0.05, 0.1) is 12.5 Å². The van der Waals surface area contributed by atoms with Crippen LogP contribution in [0.15, 0.2) is 39.5 Å². The van der Waals surface area contributed by atoms with Crippen LogP contribution in [0.2, 0.25) is 0 Å². The first-order valence-corrected chi connectivity index (χ1v) is 10.6. The number of hydrogen-bond donors (Lipinski definition) is 0. The SMILES string of the molecule is CCCCCCc1cc2c(=O)c(Oc3cc(C)cc(C)c3)c(C(F)(F)F)oc2cc1OC. The molecule has 0 aliphatic rings. The van der Waals surface area contributed by atoms with Crippen LogP contribution in [0.1, 0.15) is 55.1 Å². The maximum Gasteiger partial charge on any atom is 0.453 e. The van der Waals surface area contributed by atoms with Gasteiger partial charge in [-0.05, 0) is 61.6 Å². The van der Waals surface area contributed by atoms with Crippen molar-refractivity contribution in [3.8, 4) is 17.2 Å². The van der Waals surface area contributed by atoms with Gasteiger partial charge in [0.2, 0.25) is 11.2 Å². The van der Waals surface area contributed by atoms with Crippen LogP contribution < -0.4 is 14.9 Å². The van der Waals surface area contributed by atoms with Gasteiger partial charge in [0.15, 0.2) is 0 Å². The zero-order chi connectivity index (χ0) is 23.5. The summed E-state index contributed by atoms with van der Waals surface area (Å²) in [6.45, 7) is 5.70. The summed E-state index contributed by atoms with van der Waals surface area (Å²) in [5, 5.41) is 0.0312. The first-order chi connectivity index (χ1) is 15.1. The zero-order valence-corrected chi connectivity index (χ0v) is 18.7. The zero-order valence-electron chi connectivity index (χ0n) is 18.7. The lowest BCUT2D eigenvalue weighted by Crippen LogP contribution is -2.16. The monoisotopic (exact) mass is 448 g/mol. The fraction of sp³-hybridized carbons (Fsp3) is 0.400. The quantitative estimate of drug-likeness (QED) is 0.338. The highest BCUT2D eigenvalue weighted by Gasteiger charge is 2.40. The molecule has 0 unspecified atom stereocenters. The van der Waals surface area contributed by atoms with Crippen molar-refractivity contribution in [1.29, 1.82) is 0 Å². The fourth-order valence-electron chi connectivity index (χ4n) is 3.77. The first-order valence-electron chi connectivity index (χ1n) is 10.6. The molecule has 0 saturated carbocycles. The predicted molar refractivity (Wildman–Crippen MR) is 118 cm³/mol. The molecule has 0 amide bonds. The van der Waals surface area contributed by atoms with E-state index in [9.17, 15) is 18.0 Å². The number of fused-ring (bicyclic) bond motifs is 1. The number of unbranched alkanes of at least 4 members (excludes halogenated alkanes) is 3. The molecule has 0 aliphatic heterocycles. The minimum absolute atomic E-state index is 0.0312. The van der Waals surface area contributed by atoms with E-state index >= 15 is 0 Å². The van der Waals surface area contributed by atoms with Crippen LogP contribution in [0.4, 0.5) is 13.2 Å². The summed E-state index contributed by atoms with van der Waals surface area (Å²) in [5.74, 6) is -1.79. The van der Waals surface area contributed by atoms with E-state index in [1.54, 1.807) is 32.0 Å². The smallest absolute Gasteiger partial charge is 0.453 e. The molecule has 1 aromatic heterocycles. The Labute approximate surface area is 185 Å². The van der Waals surface area contributed by atoms with Gasteiger partial charge in [0.1, 0.15) is 17.1 Å². The van der Waals surface area contributed by atoms with Gasteiger partial charge in [0.25, 0.3) is 5.76 Å². The van der Waals surface area contributed by atoms with Crippen LogP contribution in [-0.2, 0) is 12.6 Å². The van der Waals surface area contributed by atoms with Crippen molar-refractivity contribution >= 4 is 11.0 Å². The minimum Gasteiger partial charge on any atom is -0.496 e. The average molecular weight is 448 g/mol. The second kappa shape index (κ2) is 9.67. The molecule has 1 heterocycles. The molecule has 4 nitrogen and oxygen atoms in total. The molecule has 0 aliphatic carbocycles. The van der Waals surface area contributed by atoms with Gasteiger partial charge in [-0.15, -0.1) is 0 Å². The molecule has 0 bridgehead atoms. The molecule has 3 rings (SSSR count). The maximum atomic E-state index is 13.8. The summed E-state index contributed by atoms with van der Waals surface area (Å²) >= 11 is 0. The van der Waals surface area contributed by atoms with Crippen LogP contribution in [0, 0.1) is 13.8 Å². The normalized spacial score (nSPS) is 11.7. The standard InChI is InChI=1S/C25H27F3O4/c1-5-6-7-8-9-17-13-19-21(14-20(17)30-4)32-24(25(26,27)28)23(22(19)29)31-18-11-15(2)10-16(3)12-18/h10-14H,5-9H2,1-4H3. The van der Waals surface area contributed by atoms with Crippen molar-refractivity contribution in [3.05, 3.63) is 63.0 Å². The highest BCUT2D eigenvalue weighted by atomic mass is 19.4. The Hall–Kier alpha value is -2.96. The van der Waals surface area contributed by atoms with Crippen LogP contribution in [0.3, 0.4) is 0 Å². The summed E-state index contributed by atoms with van der Waals surface area (Å²) in [6, 6.07) is 7.91. The van der Waals surface area contributed by atoms with Crippen LogP contribution in [-0.4, -0.2) is 7.11 Å². The average Bonchev–Trinajstić information content (AvgIpc) is 2.71. The number of rotatable bonds is 8. The van der Waals surface area contributed by atoms with Gasteiger partial charge in [-0.1, -0.05) is 32.3 Å². The Morgan fingerprint density at radius 3 is 2.25 bits per heavy atom. The van der Waals surface area contributed by atoms with E-state index in [1.807, 2.05) is 6.07 Å². The number of benzene rings is 2. The van der Waals surface area contributed by atoms with Gasteiger partial charge in [-0.25, -0.2) is 0 Å². The van der Waals surface area contributed by atoms with Crippen LogP contribution in [0.25, 0.3) is 11.0 Å². The van der Waals surface area contributed by atoms with E-state index in [0.29, 0.717) is 12.2 Å². The minimum atomic E-state index is -4.91. The van der Waals surface area contributed by atoms with E-state index in [4.69, 9.17) is 13.9 Å². The van der Waals surface area contributed by atoms with Gasteiger partial charge in [0, 0.05) is 6.07 Å². The topological polar surface area (TPSA) is 48.7 Å². The molecule has 2 aromatic carbocycles. The number of ether oxygens (including phenoxy) is 2. The number of methoxy groups -OCH3 is 1. The number of halogens is 3. The Morgan fingerprint density at radius 2 is 1.66 bits per heavy atom. The predicted octanol–water partition coefficient (Wildman–Crippen LogP) is 7.35. The van der Waals surface area contributed by atoms with Gasteiger partial charge < -0.3 is 13.9 Å². The lowest BCUT2D eigenvalue weighted by atomic mass is 10.0. The van der Waals surface area contributed by atoms with Gasteiger partial charge >= 0.3 is 6.18 Å². The molecular formula is C25H27F3O4. The molecule has 7 heteroatoms. The van der Waals surface area contributed by atoms with E-state index in [0.717, 1.165) is 42.4 Å². The van der Waals surface area contributed by atoms with Crippen molar-refractivity contribution in [2.45, 2.75) is 59.1 Å². The number of aryl methyl sites for hydroxylation is 3. The highest BCUT2D eigenvalue weighted by Crippen LogP contribution is 2.39. The molecule has 0 N–H and O–H groups in total. The van der Waals surface area contributed by atoms with E-state index in [1.165, 1.54) is 13.2 Å². The molecule has 0 fully saturated rings. The Kier molecular flexibility index (Phi) is 7.16. The van der Waals surface area contributed by atoms with E-state index in [-0.39, 0.29) is 16.7 Å². The molecule has 0 saturated heterocycles. The van der Waals surface area contributed by atoms with Crippen molar-refractivity contribution in [2.75, 3.05) is 7.11 Å². The Morgan fingerprint density at radius 1 is 0.969 bits per heavy atom. The largest absolute Gasteiger partial charge is 0.496 e. The highest BCUT2D eigenvalue weighted by molar-refractivity contribution is 5.81. The summed E-state index contributed by atoms with van der Waals surface area (Å²) in [4.78, 5) is 13.2.